The van der Waals surface area contributed by atoms with Crippen LogP contribution in [0.5, 0.6) is 0 Å². The SMILES string of the molecule is CN1C=C2C(=O)N(C3CCN(C(=O)[C@H](CC(=O)Nc4ccc(Cl)cc4)C4CCCCC4)CC3)CN2C1. The normalized spacial score (nSPS) is 22.1. The Bertz CT molecular complexity index is 1010. The van der Waals surface area contributed by atoms with Crippen LogP contribution in [-0.2, 0) is 14.4 Å². The molecule has 3 fully saturated rings. The molecular weight excluding hydrogens is 478 g/mol. The van der Waals surface area contributed by atoms with E-state index in [4.69, 9.17) is 11.6 Å². The lowest BCUT2D eigenvalue weighted by Gasteiger charge is -2.39. The fourth-order valence-corrected chi connectivity index (χ4v) is 6.36. The van der Waals surface area contributed by atoms with E-state index in [2.05, 4.69) is 10.2 Å². The second-order valence-corrected chi connectivity index (χ2v) is 11.1. The smallest absolute Gasteiger partial charge is 0.273 e. The molecule has 194 valence electrons. The van der Waals surface area contributed by atoms with Gasteiger partial charge in [0.25, 0.3) is 5.91 Å². The van der Waals surface area contributed by atoms with Crippen LogP contribution in [0, 0.1) is 11.8 Å². The van der Waals surface area contributed by atoms with Gasteiger partial charge in [0.05, 0.1) is 13.3 Å². The van der Waals surface area contributed by atoms with Gasteiger partial charge in [0.15, 0.2) is 0 Å². The number of nitrogens with zero attached hydrogens (tertiary/aromatic N) is 4. The van der Waals surface area contributed by atoms with E-state index < -0.39 is 0 Å². The van der Waals surface area contributed by atoms with Gasteiger partial charge in [0.1, 0.15) is 5.70 Å². The minimum atomic E-state index is -0.297. The number of piperidine rings is 1. The third kappa shape index (κ3) is 5.33. The predicted molar refractivity (Wildman–Crippen MR) is 139 cm³/mol. The summed E-state index contributed by atoms with van der Waals surface area (Å²) in [7, 11) is 1.98. The molecule has 2 saturated heterocycles. The van der Waals surface area contributed by atoms with E-state index in [0.717, 1.165) is 50.9 Å². The van der Waals surface area contributed by atoms with Crippen LogP contribution < -0.4 is 5.32 Å². The molecule has 4 aliphatic rings. The van der Waals surface area contributed by atoms with Crippen LogP contribution in [0.15, 0.2) is 36.2 Å². The molecular formula is C27H36ClN5O3. The molecule has 1 saturated carbocycles. The molecule has 8 nitrogen and oxygen atoms in total. The molecule has 0 bridgehead atoms. The Kier molecular flexibility index (Phi) is 7.42. The summed E-state index contributed by atoms with van der Waals surface area (Å²) < 4.78 is 0. The second-order valence-electron chi connectivity index (χ2n) is 10.7. The lowest BCUT2D eigenvalue weighted by molar-refractivity contribution is -0.142. The molecule has 1 N–H and O–H groups in total. The maximum absolute atomic E-state index is 13.7. The van der Waals surface area contributed by atoms with Gasteiger partial charge < -0.3 is 24.9 Å². The summed E-state index contributed by atoms with van der Waals surface area (Å²) in [5, 5.41) is 3.56. The summed E-state index contributed by atoms with van der Waals surface area (Å²) in [5.74, 6) is 0.0231. The molecule has 0 aromatic heterocycles. The van der Waals surface area contributed by atoms with Crippen molar-refractivity contribution in [1.29, 1.82) is 0 Å². The zero-order chi connectivity index (χ0) is 25.2. The van der Waals surface area contributed by atoms with Gasteiger partial charge in [0, 0.05) is 55.4 Å². The first-order chi connectivity index (χ1) is 17.4. The Morgan fingerprint density at radius 1 is 1.03 bits per heavy atom. The molecule has 3 aliphatic heterocycles. The predicted octanol–water partition coefficient (Wildman–Crippen LogP) is 3.70. The Morgan fingerprint density at radius 3 is 2.39 bits per heavy atom. The van der Waals surface area contributed by atoms with Crippen molar-refractivity contribution in [3.63, 3.8) is 0 Å². The molecule has 36 heavy (non-hydrogen) atoms. The summed E-state index contributed by atoms with van der Waals surface area (Å²) in [5.41, 5.74) is 1.47. The number of likely N-dealkylation sites (tertiary alicyclic amines) is 1. The minimum Gasteiger partial charge on any atom is -0.361 e. The molecule has 0 unspecified atom stereocenters. The van der Waals surface area contributed by atoms with Crippen molar-refractivity contribution in [1.82, 2.24) is 19.6 Å². The monoisotopic (exact) mass is 513 g/mol. The summed E-state index contributed by atoms with van der Waals surface area (Å²) in [6.07, 6.45) is 9.13. The highest BCUT2D eigenvalue weighted by Gasteiger charge is 2.42. The van der Waals surface area contributed by atoms with E-state index in [1.54, 1.807) is 24.3 Å². The highest BCUT2D eigenvalue weighted by Crippen LogP contribution is 2.35. The lowest BCUT2D eigenvalue weighted by Crippen LogP contribution is -2.50. The highest BCUT2D eigenvalue weighted by atomic mass is 35.5. The van der Waals surface area contributed by atoms with Crippen molar-refractivity contribution >= 4 is 35.0 Å². The van der Waals surface area contributed by atoms with Crippen LogP contribution in [0.25, 0.3) is 0 Å². The van der Waals surface area contributed by atoms with Crippen molar-refractivity contribution < 1.29 is 14.4 Å². The van der Waals surface area contributed by atoms with Gasteiger partial charge in [-0.3, -0.25) is 14.4 Å². The van der Waals surface area contributed by atoms with Crippen LogP contribution >= 0.6 is 11.6 Å². The number of anilines is 1. The Hall–Kier alpha value is -2.74. The number of benzene rings is 1. The van der Waals surface area contributed by atoms with Crippen molar-refractivity contribution in [2.45, 2.75) is 57.4 Å². The molecule has 1 aromatic rings. The molecule has 1 aliphatic carbocycles. The van der Waals surface area contributed by atoms with Crippen LogP contribution in [0.2, 0.25) is 5.02 Å². The molecule has 1 atom stereocenters. The third-order valence-electron chi connectivity index (χ3n) is 8.17. The van der Waals surface area contributed by atoms with Crippen molar-refractivity contribution in [2.75, 3.05) is 38.8 Å². The number of halogens is 1. The topological polar surface area (TPSA) is 76.2 Å². The second kappa shape index (κ2) is 10.7. The van der Waals surface area contributed by atoms with Crippen molar-refractivity contribution in [3.05, 3.63) is 41.2 Å². The van der Waals surface area contributed by atoms with Crippen LogP contribution in [0.1, 0.15) is 51.4 Å². The number of nitrogens with one attached hydrogen (secondary N) is 1. The molecule has 5 rings (SSSR count). The summed E-state index contributed by atoms with van der Waals surface area (Å²) in [6, 6.07) is 7.20. The molecule has 1 aromatic carbocycles. The van der Waals surface area contributed by atoms with Crippen molar-refractivity contribution in [3.8, 4) is 0 Å². The van der Waals surface area contributed by atoms with E-state index in [9.17, 15) is 14.4 Å². The van der Waals surface area contributed by atoms with Gasteiger partial charge in [-0.2, -0.15) is 0 Å². The fraction of sp³-hybridized carbons (Fsp3) is 0.593. The van der Waals surface area contributed by atoms with Crippen molar-refractivity contribution in [2.24, 2.45) is 11.8 Å². The van der Waals surface area contributed by atoms with Gasteiger partial charge >= 0.3 is 0 Å². The summed E-state index contributed by atoms with van der Waals surface area (Å²) >= 11 is 5.96. The number of rotatable bonds is 6. The van der Waals surface area contributed by atoms with Crippen LogP contribution in [0.4, 0.5) is 5.69 Å². The number of hydrogen-bond donors (Lipinski definition) is 1. The standard InChI is InChI=1S/C27H36ClN5O3/c1-30-16-24-27(36)33(18-32(24)17-30)22-11-13-31(14-12-22)26(35)23(19-5-3-2-4-6-19)15-25(34)29-21-9-7-20(28)8-10-21/h7-10,16,19,22-23H,2-6,11-15,17-18H2,1H3,(H,29,34)/t23-/m1/s1. The van der Waals surface area contributed by atoms with E-state index in [0.29, 0.717) is 30.5 Å². The number of amides is 3. The maximum Gasteiger partial charge on any atom is 0.273 e. The quantitative estimate of drug-likeness (QED) is 0.627. The van der Waals surface area contributed by atoms with E-state index in [1.807, 2.05) is 27.9 Å². The first-order valence-electron chi connectivity index (χ1n) is 13.2. The maximum atomic E-state index is 13.7. The number of carbonyl (C=O) groups excluding carboxylic acids is 3. The molecule has 0 spiro atoms. The highest BCUT2D eigenvalue weighted by molar-refractivity contribution is 6.30. The van der Waals surface area contributed by atoms with Gasteiger partial charge in [-0.1, -0.05) is 30.9 Å². The minimum absolute atomic E-state index is 0.100. The first-order valence-corrected chi connectivity index (χ1v) is 13.6. The lowest BCUT2D eigenvalue weighted by atomic mass is 9.77. The number of carbonyl (C=O) groups is 3. The molecule has 3 heterocycles. The van der Waals surface area contributed by atoms with Gasteiger partial charge in [-0.15, -0.1) is 0 Å². The summed E-state index contributed by atoms with van der Waals surface area (Å²) in [6.45, 7) is 2.64. The fourth-order valence-electron chi connectivity index (χ4n) is 6.23. The van der Waals surface area contributed by atoms with E-state index in [-0.39, 0.29) is 42.0 Å². The average molecular weight is 514 g/mol. The Balaban J connectivity index is 1.20. The van der Waals surface area contributed by atoms with Crippen LogP contribution in [-0.4, -0.2) is 76.8 Å². The van der Waals surface area contributed by atoms with Gasteiger partial charge in [-0.05, 0) is 55.9 Å². The first kappa shape index (κ1) is 24.9. The van der Waals surface area contributed by atoms with E-state index in [1.165, 1.54) is 6.42 Å². The number of hydrogen-bond acceptors (Lipinski definition) is 5. The largest absolute Gasteiger partial charge is 0.361 e. The molecule has 0 radical (unpaired) electrons. The molecule has 3 amide bonds. The van der Waals surface area contributed by atoms with Gasteiger partial charge in [0.2, 0.25) is 11.8 Å². The van der Waals surface area contributed by atoms with Crippen LogP contribution in [0.3, 0.4) is 0 Å². The summed E-state index contributed by atoms with van der Waals surface area (Å²) in [4.78, 5) is 47.7. The van der Waals surface area contributed by atoms with E-state index >= 15 is 0 Å². The molecule has 9 heteroatoms. The average Bonchev–Trinajstić information content (AvgIpc) is 3.40. The Labute approximate surface area is 218 Å². The van der Waals surface area contributed by atoms with Gasteiger partial charge in [-0.25, -0.2) is 0 Å². The third-order valence-corrected chi connectivity index (χ3v) is 8.42. The Morgan fingerprint density at radius 2 is 1.72 bits per heavy atom. The zero-order valence-corrected chi connectivity index (χ0v) is 21.8. The zero-order valence-electron chi connectivity index (χ0n) is 21.0. The number of fused-ring (bicyclic) bond motifs is 1.